The molecular weight excluding hydrogens is 254 g/mol. The predicted octanol–water partition coefficient (Wildman–Crippen LogP) is 2.88. The number of hydrogen-bond acceptors (Lipinski definition) is 4. The second kappa shape index (κ2) is 6.00. The molecule has 0 unspecified atom stereocenters. The van der Waals surface area contributed by atoms with E-state index in [-0.39, 0.29) is 0 Å². The standard InChI is InChI=1S/C12H12ClN3S/c13-10-3-4-12(16-7-10)17-8-9-2-1-5-15-11(9)6-14/h1-5,7H,6,8,14H2. The second-order valence-electron chi connectivity index (χ2n) is 3.42. The lowest BCUT2D eigenvalue weighted by Crippen LogP contribution is -2.03. The number of nitrogens with two attached hydrogens (primary N) is 1. The van der Waals surface area contributed by atoms with E-state index in [0.29, 0.717) is 11.6 Å². The molecule has 2 heterocycles. The first-order valence-electron chi connectivity index (χ1n) is 5.17. The third kappa shape index (κ3) is 3.43. The van der Waals surface area contributed by atoms with Crippen LogP contribution >= 0.6 is 23.4 Å². The van der Waals surface area contributed by atoms with Gasteiger partial charge >= 0.3 is 0 Å². The van der Waals surface area contributed by atoms with Crippen LogP contribution in [0.5, 0.6) is 0 Å². The summed E-state index contributed by atoms with van der Waals surface area (Å²) in [5.74, 6) is 0.814. The van der Waals surface area contributed by atoms with Crippen LogP contribution in [-0.2, 0) is 12.3 Å². The van der Waals surface area contributed by atoms with Crippen molar-refractivity contribution in [2.24, 2.45) is 5.73 Å². The molecule has 2 aromatic heterocycles. The minimum Gasteiger partial charge on any atom is -0.325 e. The summed E-state index contributed by atoms with van der Waals surface area (Å²) in [5, 5.41) is 1.60. The fraction of sp³-hybridized carbons (Fsp3) is 0.167. The van der Waals surface area contributed by atoms with Crippen LogP contribution in [0.4, 0.5) is 0 Å². The Morgan fingerprint density at radius 3 is 2.82 bits per heavy atom. The molecule has 0 aromatic carbocycles. The van der Waals surface area contributed by atoms with Gasteiger partial charge in [0.25, 0.3) is 0 Å². The maximum absolute atomic E-state index is 5.78. The molecular formula is C12H12ClN3S. The zero-order valence-electron chi connectivity index (χ0n) is 9.14. The normalized spacial score (nSPS) is 10.5. The van der Waals surface area contributed by atoms with E-state index in [9.17, 15) is 0 Å². The number of pyridine rings is 2. The maximum Gasteiger partial charge on any atom is 0.0964 e. The van der Waals surface area contributed by atoms with Crippen molar-refractivity contribution in [3.8, 4) is 0 Å². The molecule has 0 bridgehead atoms. The summed E-state index contributed by atoms with van der Waals surface area (Å²) in [6, 6.07) is 7.71. The van der Waals surface area contributed by atoms with Gasteiger partial charge in [-0.1, -0.05) is 17.7 Å². The van der Waals surface area contributed by atoms with E-state index in [1.54, 1.807) is 24.2 Å². The monoisotopic (exact) mass is 265 g/mol. The first-order valence-corrected chi connectivity index (χ1v) is 6.53. The van der Waals surface area contributed by atoms with Gasteiger partial charge in [0.2, 0.25) is 0 Å². The van der Waals surface area contributed by atoms with Gasteiger partial charge in [-0.15, -0.1) is 11.8 Å². The third-order valence-electron chi connectivity index (χ3n) is 2.25. The predicted molar refractivity (Wildman–Crippen MR) is 70.9 cm³/mol. The first-order chi connectivity index (χ1) is 8.29. The highest BCUT2D eigenvalue weighted by Crippen LogP contribution is 2.22. The van der Waals surface area contributed by atoms with Crippen molar-refractivity contribution in [2.75, 3.05) is 0 Å². The van der Waals surface area contributed by atoms with E-state index in [0.717, 1.165) is 22.0 Å². The van der Waals surface area contributed by atoms with Gasteiger partial charge in [-0.05, 0) is 23.8 Å². The van der Waals surface area contributed by atoms with Crippen molar-refractivity contribution in [2.45, 2.75) is 17.3 Å². The molecule has 2 rings (SSSR count). The maximum atomic E-state index is 5.78. The van der Waals surface area contributed by atoms with Gasteiger partial charge in [-0.25, -0.2) is 4.98 Å². The summed E-state index contributed by atoms with van der Waals surface area (Å²) in [4.78, 5) is 8.47. The van der Waals surface area contributed by atoms with Crippen molar-refractivity contribution in [3.63, 3.8) is 0 Å². The van der Waals surface area contributed by atoms with Crippen LogP contribution in [0.15, 0.2) is 41.7 Å². The average molecular weight is 266 g/mol. The summed E-state index contributed by atoms with van der Waals surface area (Å²) in [7, 11) is 0. The zero-order valence-corrected chi connectivity index (χ0v) is 10.7. The molecule has 17 heavy (non-hydrogen) atoms. The Morgan fingerprint density at radius 1 is 1.24 bits per heavy atom. The quantitative estimate of drug-likeness (QED) is 0.864. The summed E-state index contributed by atoms with van der Waals surface area (Å²) in [6.45, 7) is 0.463. The van der Waals surface area contributed by atoms with Crippen LogP contribution in [-0.4, -0.2) is 9.97 Å². The molecule has 2 N–H and O–H groups in total. The Labute approximate surface area is 109 Å². The molecule has 88 valence electrons. The molecule has 0 atom stereocenters. The minimum absolute atomic E-state index is 0.463. The smallest absolute Gasteiger partial charge is 0.0964 e. The molecule has 0 saturated heterocycles. The zero-order chi connectivity index (χ0) is 12.1. The summed E-state index contributed by atoms with van der Waals surface area (Å²) in [6.07, 6.45) is 3.41. The van der Waals surface area contributed by atoms with E-state index in [4.69, 9.17) is 17.3 Å². The van der Waals surface area contributed by atoms with Crippen LogP contribution in [0.1, 0.15) is 11.3 Å². The Morgan fingerprint density at radius 2 is 2.12 bits per heavy atom. The largest absolute Gasteiger partial charge is 0.325 e. The topological polar surface area (TPSA) is 51.8 Å². The molecule has 0 amide bonds. The van der Waals surface area contributed by atoms with E-state index in [1.807, 2.05) is 24.3 Å². The van der Waals surface area contributed by atoms with E-state index in [2.05, 4.69) is 9.97 Å². The van der Waals surface area contributed by atoms with Gasteiger partial charge < -0.3 is 5.73 Å². The van der Waals surface area contributed by atoms with Crippen molar-refractivity contribution in [1.29, 1.82) is 0 Å². The number of thioether (sulfide) groups is 1. The van der Waals surface area contributed by atoms with Crippen LogP contribution in [0.25, 0.3) is 0 Å². The third-order valence-corrected chi connectivity index (χ3v) is 3.47. The molecule has 0 spiro atoms. The molecule has 0 saturated carbocycles. The van der Waals surface area contributed by atoms with E-state index in [1.165, 1.54) is 0 Å². The number of halogens is 1. The SMILES string of the molecule is NCc1ncccc1CSc1ccc(Cl)cn1. The highest BCUT2D eigenvalue weighted by Gasteiger charge is 2.03. The van der Waals surface area contributed by atoms with Gasteiger partial charge in [0.15, 0.2) is 0 Å². The van der Waals surface area contributed by atoms with Gasteiger partial charge in [-0.3, -0.25) is 4.98 Å². The summed E-state index contributed by atoms with van der Waals surface area (Å²) in [5.41, 5.74) is 7.72. The summed E-state index contributed by atoms with van der Waals surface area (Å²) < 4.78 is 0. The Bertz CT molecular complexity index is 487. The lowest BCUT2D eigenvalue weighted by atomic mass is 10.2. The fourth-order valence-electron chi connectivity index (χ4n) is 1.39. The van der Waals surface area contributed by atoms with Crippen molar-refractivity contribution in [1.82, 2.24) is 9.97 Å². The van der Waals surface area contributed by atoms with Crippen LogP contribution in [0, 0.1) is 0 Å². The lowest BCUT2D eigenvalue weighted by Gasteiger charge is -2.05. The minimum atomic E-state index is 0.463. The van der Waals surface area contributed by atoms with Crippen LogP contribution < -0.4 is 5.73 Å². The first kappa shape index (κ1) is 12.4. The number of aromatic nitrogens is 2. The van der Waals surface area contributed by atoms with Gasteiger partial charge in [-0.2, -0.15) is 0 Å². The van der Waals surface area contributed by atoms with Crippen molar-refractivity contribution < 1.29 is 0 Å². The molecule has 0 aliphatic heterocycles. The average Bonchev–Trinajstić information content (AvgIpc) is 2.38. The highest BCUT2D eigenvalue weighted by atomic mass is 35.5. The Kier molecular flexibility index (Phi) is 4.36. The second-order valence-corrected chi connectivity index (χ2v) is 4.85. The fourth-order valence-corrected chi connectivity index (χ4v) is 2.36. The highest BCUT2D eigenvalue weighted by molar-refractivity contribution is 7.98. The Balaban J connectivity index is 2.04. The van der Waals surface area contributed by atoms with Crippen LogP contribution in [0.2, 0.25) is 5.02 Å². The van der Waals surface area contributed by atoms with Crippen molar-refractivity contribution >= 4 is 23.4 Å². The van der Waals surface area contributed by atoms with E-state index >= 15 is 0 Å². The molecule has 0 aliphatic carbocycles. The van der Waals surface area contributed by atoms with E-state index < -0.39 is 0 Å². The lowest BCUT2D eigenvalue weighted by molar-refractivity contribution is 0.963. The van der Waals surface area contributed by atoms with Crippen LogP contribution in [0.3, 0.4) is 0 Å². The van der Waals surface area contributed by atoms with Gasteiger partial charge in [0, 0.05) is 24.7 Å². The Hall–Kier alpha value is -1.10. The molecule has 3 nitrogen and oxygen atoms in total. The molecule has 0 fully saturated rings. The number of rotatable bonds is 4. The van der Waals surface area contributed by atoms with Crippen molar-refractivity contribution in [3.05, 3.63) is 52.9 Å². The molecule has 5 heteroatoms. The summed E-state index contributed by atoms with van der Waals surface area (Å²) >= 11 is 7.42. The van der Waals surface area contributed by atoms with Gasteiger partial charge in [0.05, 0.1) is 15.7 Å². The number of hydrogen-bond donors (Lipinski definition) is 1. The number of nitrogens with zero attached hydrogens (tertiary/aromatic N) is 2. The molecule has 0 aliphatic rings. The molecule has 0 radical (unpaired) electrons. The van der Waals surface area contributed by atoms with Gasteiger partial charge in [0.1, 0.15) is 0 Å². The molecule has 2 aromatic rings.